The van der Waals surface area contributed by atoms with Crippen molar-refractivity contribution in [1.82, 2.24) is 0 Å². The average molecular weight is 207 g/mol. The van der Waals surface area contributed by atoms with Crippen molar-refractivity contribution in [3.8, 4) is 6.07 Å². The first kappa shape index (κ1) is 12.0. The molecular formula is C13H18FN. The van der Waals surface area contributed by atoms with E-state index in [1.54, 1.807) is 6.08 Å². The Morgan fingerprint density at radius 1 is 1.33 bits per heavy atom. The lowest BCUT2D eigenvalue weighted by Gasteiger charge is -2.20. The summed E-state index contributed by atoms with van der Waals surface area (Å²) in [5.74, 6) is 0.150. The minimum Gasteiger partial charge on any atom is -0.195 e. The van der Waals surface area contributed by atoms with E-state index in [2.05, 4.69) is 0 Å². The summed E-state index contributed by atoms with van der Waals surface area (Å²) in [6.07, 6.45) is 13.9. The second kappa shape index (κ2) is 7.23. The molecule has 15 heavy (non-hydrogen) atoms. The second-order valence-electron chi connectivity index (χ2n) is 4.14. The molecule has 0 aromatic heterocycles. The quantitative estimate of drug-likeness (QED) is 0.498. The normalized spacial score (nSPS) is 19.3. The molecule has 1 aliphatic rings. The lowest BCUT2D eigenvalue weighted by molar-refractivity contribution is 0.341. The Labute approximate surface area is 91.3 Å². The molecule has 0 aromatic carbocycles. The fourth-order valence-electron chi connectivity index (χ4n) is 2.09. The topological polar surface area (TPSA) is 23.8 Å². The van der Waals surface area contributed by atoms with Crippen LogP contribution in [0.4, 0.5) is 4.39 Å². The molecule has 2 heteroatoms. The van der Waals surface area contributed by atoms with Gasteiger partial charge in [0.05, 0.1) is 0 Å². The van der Waals surface area contributed by atoms with Gasteiger partial charge in [-0.3, -0.25) is 0 Å². The van der Waals surface area contributed by atoms with Crippen molar-refractivity contribution in [2.75, 3.05) is 0 Å². The third kappa shape index (κ3) is 5.37. The Morgan fingerprint density at radius 2 is 2.07 bits per heavy atom. The van der Waals surface area contributed by atoms with Crippen molar-refractivity contribution in [3.63, 3.8) is 0 Å². The highest BCUT2D eigenvalue weighted by Gasteiger charge is 2.11. The molecule has 0 spiro atoms. The molecule has 0 unspecified atom stereocenters. The maximum absolute atomic E-state index is 12.4. The molecular weight excluding hydrogens is 189 g/mol. The molecule has 0 aromatic rings. The van der Waals surface area contributed by atoms with Gasteiger partial charge in [0, 0.05) is 0 Å². The van der Waals surface area contributed by atoms with Crippen LogP contribution in [0.15, 0.2) is 24.1 Å². The number of nitriles is 1. The Bertz CT molecular complexity index is 267. The van der Waals surface area contributed by atoms with E-state index in [1.807, 2.05) is 6.08 Å². The van der Waals surface area contributed by atoms with Gasteiger partial charge < -0.3 is 0 Å². The molecule has 0 saturated heterocycles. The van der Waals surface area contributed by atoms with Gasteiger partial charge in [0.2, 0.25) is 0 Å². The van der Waals surface area contributed by atoms with E-state index in [1.165, 1.54) is 50.7 Å². The molecule has 1 aliphatic carbocycles. The molecule has 82 valence electrons. The summed E-state index contributed by atoms with van der Waals surface area (Å²) >= 11 is 0. The third-order valence-corrected chi connectivity index (χ3v) is 2.95. The van der Waals surface area contributed by atoms with Gasteiger partial charge in [-0.15, -0.1) is 0 Å². The Hall–Kier alpha value is -1.10. The molecule has 0 atom stereocenters. The minimum absolute atomic E-state index is 0.719. The van der Waals surface area contributed by atoms with Crippen LogP contribution in [0.5, 0.6) is 0 Å². The molecule has 0 aliphatic heterocycles. The van der Waals surface area contributed by atoms with E-state index in [0.717, 1.165) is 12.3 Å². The third-order valence-electron chi connectivity index (χ3n) is 2.95. The fraction of sp³-hybridized carbons (Fsp3) is 0.615. The second-order valence-corrected chi connectivity index (χ2v) is 4.14. The van der Waals surface area contributed by atoms with Gasteiger partial charge in [-0.1, -0.05) is 44.3 Å². The summed E-state index contributed by atoms with van der Waals surface area (Å²) < 4.78 is 12.4. The Kier molecular flexibility index (Phi) is 5.77. The van der Waals surface area contributed by atoms with E-state index in [9.17, 15) is 4.39 Å². The number of rotatable bonds is 4. The number of halogens is 1. The Morgan fingerprint density at radius 3 is 2.73 bits per heavy atom. The summed E-state index contributed by atoms with van der Waals surface area (Å²) in [5, 5.41) is 8.17. The molecule has 1 fully saturated rings. The summed E-state index contributed by atoms with van der Waals surface area (Å²) in [4.78, 5) is 0. The first-order valence-corrected chi connectivity index (χ1v) is 5.75. The number of hydrogen-bond donors (Lipinski definition) is 0. The smallest absolute Gasteiger partial charge is 0.195 e. The van der Waals surface area contributed by atoms with Crippen molar-refractivity contribution < 1.29 is 4.39 Å². The largest absolute Gasteiger partial charge is 0.199 e. The number of allylic oxidation sites excluding steroid dienone is 4. The van der Waals surface area contributed by atoms with Gasteiger partial charge in [-0.2, -0.15) is 9.65 Å². The zero-order valence-corrected chi connectivity index (χ0v) is 9.08. The van der Waals surface area contributed by atoms with Crippen molar-refractivity contribution >= 4 is 0 Å². The molecule has 0 radical (unpaired) electrons. The number of hydrogen-bond acceptors (Lipinski definition) is 1. The van der Waals surface area contributed by atoms with Gasteiger partial charge >= 0.3 is 0 Å². The summed E-state index contributed by atoms with van der Waals surface area (Å²) in [7, 11) is 0. The van der Waals surface area contributed by atoms with Crippen LogP contribution in [-0.2, 0) is 0 Å². The highest BCUT2D eigenvalue weighted by Crippen LogP contribution is 2.27. The van der Waals surface area contributed by atoms with Crippen molar-refractivity contribution in [1.29, 1.82) is 5.26 Å². The molecule has 1 nitrogen and oxygen atoms in total. The van der Waals surface area contributed by atoms with Crippen LogP contribution in [0, 0.1) is 17.2 Å². The van der Waals surface area contributed by atoms with Crippen LogP contribution < -0.4 is 0 Å². The molecule has 1 rings (SSSR count). The van der Waals surface area contributed by atoms with E-state index in [0.29, 0.717) is 0 Å². The van der Waals surface area contributed by atoms with Gasteiger partial charge in [0.1, 0.15) is 6.07 Å². The van der Waals surface area contributed by atoms with Crippen molar-refractivity contribution in [3.05, 3.63) is 24.1 Å². The zero-order chi connectivity index (χ0) is 10.9. The maximum Gasteiger partial charge on any atom is 0.199 e. The van der Waals surface area contributed by atoms with E-state index in [4.69, 9.17) is 5.26 Å². The summed E-state index contributed by atoms with van der Waals surface area (Å²) in [6, 6.07) is 1.45. The van der Waals surface area contributed by atoms with Crippen LogP contribution in [-0.4, -0.2) is 0 Å². The predicted molar refractivity (Wildman–Crippen MR) is 59.8 cm³/mol. The minimum atomic E-state index is -0.719. The number of nitrogens with zero attached hydrogens (tertiary/aromatic N) is 1. The molecule has 0 N–H and O–H groups in total. The molecule has 0 heterocycles. The lowest BCUT2D eigenvalue weighted by Crippen LogP contribution is -2.05. The SMILES string of the molecule is N#CC(F)=CC=CCCC1CCCCC1. The first-order chi connectivity index (χ1) is 7.33. The predicted octanol–water partition coefficient (Wildman–Crippen LogP) is 4.28. The zero-order valence-electron chi connectivity index (χ0n) is 9.08. The lowest BCUT2D eigenvalue weighted by atomic mass is 9.86. The Balaban J connectivity index is 2.12. The molecule has 0 bridgehead atoms. The van der Waals surface area contributed by atoms with Gasteiger partial charge in [-0.25, -0.2) is 0 Å². The van der Waals surface area contributed by atoms with Crippen molar-refractivity contribution in [2.24, 2.45) is 5.92 Å². The standard InChI is InChI=1S/C13H18FN/c14-13(11-15)10-6-2-5-9-12-7-3-1-4-8-12/h2,6,10,12H,1,3-5,7-9H2. The van der Waals surface area contributed by atoms with E-state index in [-0.39, 0.29) is 0 Å². The van der Waals surface area contributed by atoms with E-state index >= 15 is 0 Å². The summed E-state index contributed by atoms with van der Waals surface area (Å²) in [6.45, 7) is 0. The van der Waals surface area contributed by atoms with Crippen LogP contribution in [0.2, 0.25) is 0 Å². The van der Waals surface area contributed by atoms with Gasteiger partial charge in [0.25, 0.3) is 0 Å². The van der Waals surface area contributed by atoms with Crippen LogP contribution in [0.3, 0.4) is 0 Å². The van der Waals surface area contributed by atoms with Crippen molar-refractivity contribution in [2.45, 2.75) is 44.9 Å². The summed E-state index contributed by atoms with van der Waals surface area (Å²) in [5.41, 5.74) is 0. The molecule has 0 amide bonds. The highest BCUT2D eigenvalue weighted by atomic mass is 19.1. The monoisotopic (exact) mass is 207 g/mol. The van der Waals surface area contributed by atoms with Crippen LogP contribution in [0.1, 0.15) is 44.9 Å². The van der Waals surface area contributed by atoms with Crippen LogP contribution >= 0.6 is 0 Å². The average Bonchev–Trinajstić information content (AvgIpc) is 2.29. The van der Waals surface area contributed by atoms with Crippen LogP contribution in [0.25, 0.3) is 0 Å². The fourth-order valence-corrected chi connectivity index (χ4v) is 2.09. The van der Waals surface area contributed by atoms with Gasteiger partial charge in [0.15, 0.2) is 5.83 Å². The first-order valence-electron chi connectivity index (χ1n) is 5.75. The van der Waals surface area contributed by atoms with E-state index < -0.39 is 5.83 Å². The van der Waals surface area contributed by atoms with Gasteiger partial charge in [-0.05, 0) is 24.8 Å². The molecule has 1 saturated carbocycles. The maximum atomic E-state index is 12.4. The highest BCUT2D eigenvalue weighted by molar-refractivity contribution is 5.18.